The summed E-state index contributed by atoms with van der Waals surface area (Å²) >= 11 is 0. The van der Waals surface area contributed by atoms with Gasteiger partial charge in [-0.3, -0.25) is 4.79 Å². The van der Waals surface area contributed by atoms with Crippen LogP contribution in [0.5, 0.6) is 5.75 Å². The van der Waals surface area contributed by atoms with E-state index in [2.05, 4.69) is 15.4 Å². The Kier molecular flexibility index (Phi) is 6.18. The monoisotopic (exact) mass is 510 g/mol. The number of ether oxygens (including phenoxy) is 2. The fraction of sp³-hybridized carbons (Fsp3) is 0.481. The molecule has 37 heavy (non-hydrogen) atoms. The normalized spacial score (nSPS) is 16.3. The molecule has 1 amide bonds. The van der Waals surface area contributed by atoms with E-state index in [-0.39, 0.29) is 29.0 Å². The van der Waals surface area contributed by atoms with E-state index in [1.807, 2.05) is 6.92 Å². The number of hydrogen-bond acceptors (Lipinski definition) is 6. The maximum atomic E-state index is 15.4. The Morgan fingerprint density at radius 3 is 2.65 bits per heavy atom. The van der Waals surface area contributed by atoms with Crippen molar-refractivity contribution in [3.05, 3.63) is 46.0 Å². The second-order valence-corrected chi connectivity index (χ2v) is 10.7. The maximum absolute atomic E-state index is 15.4. The largest absolute Gasteiger partial charge is 0.490 e. The second kappa shape index (κ2) is 9.09. The molecule has 2 aromatic heterocycles. The number of carbonyl (C=O) groups excluding carboxylic acids is 1. The highest BCUT2D eigenvalue weighted by Crippen LogP contribution is 2.41. The Bertz CT molecular complexity index is 1420. The highest BCUT2D eigenvalue weighted by atomic mass is 19.1. The van der Waals surface area contributed by atoms with E-state index in [9.17, 15) is 14.7 Å². The van der Waals surface area contributed by atoms with Crippen LogP contribution in [0.4, 0.5) is 4.39 Å². The molecule has 1 aliphatic carbocycles. The molecule has 3 aromatic rings. The standard InChI is InChI=1S/C27H31FN4O5/c1-13-16-7-6-10-36-23(16)18(28)11-17(13)22-21(24(26(34)35)37-27(3,4)5)14(2)29-20-12-19(31-32(20)22)25(33)30-15-8-9-15/h11-12,15,24H,6-10H2,1-5H3,(H,30,33)(H,34,35)/t24-/m0/s1. The van der Waals surface area contributed by atoms with Gasteiger partial charge < -0.3 is 19.9 Å². The number of halogens is 1. The number of aliphatic carboxylic acids is 1. The zero-order valence-electron chi connectivity index (χ0n) is 21.6. The maximum Gasteiger partial charge on any atom is 0.337 e. The van der Waals surface area contributed by atoms with E-state index >= 15 is 4.39 Å². The summed E-state index contributed by atoms with van der Waals surface area (Å²) in [6, 6.07) is 3.04. The van der Waals surface area contributed by atoms with Crippen molar-refractivity contribution in [3.8, 4) is 17.0 Å². The van der Waals surface area contributed by atoms with Gasteiger partial charge in [0.15, 0.2) is 29.0 Å². The number of hydrogen-bond donors (Lipinski definition) is 2. The summed E-state index contributed by atoms with van der Waals surface area (Å²) < 4.78 is 28.4. The number of rotatable bonds is 6. The van der Waals surface area contributed by atoms with Gasteiger partial charge in [-0.05, 0) is 71.9 Å². The third-order valence-electron chi connectivity index (χ3n) is 6.62. The molecule has 0 spiro atoms. The molecule has 1 aliphatic heterocycles. The molecule has 5 rings (SSSR count). The Morgan fingerprint density at radius 1 is 1.27 bits per heavy atom. The van der Waals surface area contributed by atoms with Gasteiger partial charge in [0.2, 0.25) is 0 Å². The number of aryl methyl sites for hydroxylation is 1. The van der Waals surface area contributed by atoms with Crippen LogP contribution < -0.4 is 10.1 Å². The lowest BCUT2D eigenvalue weighted by Crippen LogP contribution is -2.29. The van der Waals surface area contributed by atoms with Gasteiger partial charge in [0.1, 0.15) is 0 Å². The van der Waals surface area contributed by atoms with Crippen LogP contribution in [0.15, 0.2) is 12.1 Å². The van der Waals surface area contributed by atoms with E-state index in [1.54, 1.807) is 33.8 Å². The number of carbonyl (C=O) groups is 2. The van der Waals surface area contributed by atoms with Crippen LogP contribution in [0.3, 0.4) is 0 Å². The van der Waals surface area contributed by atoms with Crippen molar-refractivity contribution in [3.63, 3.8) is 0 Å². The highest BCUT2D eigenvalue weighted by Gasteiger charge is 2.35. The van der Waals surface area contributed by atoms with E-state index in [0.717, 1.165) is 30.4 Å². The summed E-state index contributed by atoms with van der Waals surface area (Å²) in [4.78, 5) is 29.9. The minimum absolute atomic E-state index is 0.135. The molecule has 0 radical (unpaired) electrons. The third-order valence-corrected chi connectivity index (χ3v) is 6.62. The first-order valence-corrected chi connectivity index (χ1v) is 12.5. The van der Waals surface area contributed by atoms with Crippen molar-refractivity contribution in [1.29, 1.82) is 0 Å². The molecule has 1 fully saturated rings. The Balaban J connectivity index is 1.81. The lowest BCUT2D eigenvalue weighted by atomic mass is 9.91. The molecular weight excluding hydrogens is 479 g/mol. The van der Waals surface area contributed by atoms with Gasteiger partial charge in [0.25, 0.3) is 5.91 Å². The summed E-state index contributed by atoms with van der Waals surface area (Å²) in [5.74, 6) is -1.85. The topological polar surface area (TPSA) is 115 Å². The van der Waals surface area contributed by atoms with Gasteiger partial charge in [0.05, 0.1) is 17.9 Å². The number of carboxylic acids is 1. The van der Waals surface area contributed by atoms with Gasteiger partial charge in [0, 0.05) is 34.5 Å². The van der Waals surface area contributed by atoms with Crippen molar-refractivity contribution in [2.75, 3.05) is 6.61 Å². The van der Waals surface area contributed by atoms with Gasteiger partial charge in [-0.1, -0.05) is 0 Å². The molecule has 196 valence electrons. The fourth-order valence-corrected chi connectivity index (χ4v) is 4.79. The van der Waals surface area contributed by atoms with Gasteiger partial charge in [-0.25, -0.2) is 18.7 Å². The Morgan fingerprint density at radius 2 is 2.00 bits per heavy atom. The molecule has 9 nitrogen and oxygen atoms in total. The van der Waals surface area contributed by atoms with Crippen molar-refractivity contribution >= 4 is 17.5 Å². The predicted octanol–water partition coefficient (Wildman–Crippen LogP) is 4.31. The fourth-order valence-electron chi connectivity index (χ4n) is 4.79. The lowest BCUT2D eigenvalue weighted by Gasteiger charge is -2.28. The molecular formula is C27H31FN4O5. The summed E-state index contributed by atoms with van der Waals surface area (Å²) in [5, 5.41) is 17.7. The second-order valence-electron chi connectivity index (χ2n) is 10.7. The third kappa shape index (κ3) is 4.77. The summed E-state index contributed by atoms with van der Waals surface area (Å²) in [7, 11) is 0. The first-order valence-electron chi connectivity index (χ1n) is 12.5. The number of benzene rings is 1. The zero-order chi connectivity index (χ0) is 26.6. The van der Waals surface area contributed by atoms with Gasteiger partial charge >= 0.3 is 5.97 Å². The van der Waals surface area contributed by atoms with Crippen molar-refractivity contribution in [1.82, 2.24) is 19.9 Å². The van der Waals surface area contributed by atoms with Crippen LogP contribution in [0.25, 0.3) is 16.9 Å². The molecule has 0 bridgehead atoms. The predicted molar refractivity (Wildman–Crippen MR) is 133 cm³/mol. The molecule has 1 atom stereocenters. The zero-order valence-corrected chi connectivity index (χ0v) is 21.6. The van der Waals surface area contributed by atoms with E-state index in [4.69, 9.17) is 9.47 Å². The summed E-state index contributed by atoms with van der Waals surface area (Å²) in [6.07, 6.45) is 1.81. The van der Waals surface area contributed by atoms with Crippen LogP contribution in [-0.2, 0) is 16.0 Å². The van der Waals surface area contributed by atoms with E-state index in [1.165, 1.54) is 10.6 Å². The van der Waals surface area contributed by atoms with Crippen LogP contribution in [0.2, 0.25) is 0 Å². The van der Waals surface area contributed by atoms with Crippen molar-refractivity contribution in [2.45, 2.75) is 78.0 Å². The van der Waals surface area contributed by atoms with Crippen LogP contribution in [0.1, 0.15) is 79.0 Å². The summed E-state index contributed by atoms with van der Waals surface area (Å²) in [6.45, 7) is 9.27. The van der Waals surface area contributed by atoms with Crippen LogP contribution in [-0.4, -0.2) is 49.8 Å². The molecule has 2 aliphatic rings. The molecule has 0 unspecified atom stereocenters. The number of amides is 1. The van der Waals surface area contributed by atoms with Crippen LogP contribution >= 0.6 is 0 Å². The quantitative estimate of drug-likeness (QED) is 0.508. The van der Waals surface area contributed by atoms with Gasteiger partial charge in [-0.15, -0.1) is 0 Å². The molecule has 1 saturated carbocycles. The van der Waals surface area contributed by atoms with Crippen molar-refractivity contribution in [2.24, 2.45) is 0 Å². The van der Waals surface area contributed by atoms with Gasteiger partial charge in [-0.2, -0.15) is 5.10 Å². The molecule has 10 heteroatoms. The highest BCUT2D eigenvalue weighted by molar-refractivity contribution is 5.94. The van der Waals surface area contributed by atoms with Crippen molar-refractivity contribution < 1.29 is 28.6 Å². The van der Waals surface area contributed by atoms with E-state index < -0.39 is 23.5 Å². The molecule has 2 N–H and O–H groups in total. The smallest absolute Gasteiger partial charge is 0.337 e. The first kappa shape index (κ1) is 25.1. The Labute approximate surface area is 214 Å². The SMILES string of the molecule is Cc1nc2cc(C(=O)NC3CC3)nn2c(-c2cc(F)c3c(c2C)CCCO3)c1[C@H](OC(C)(C)C)C(=O)O. The number of nitrogens with one attached hydrogen (secondary N) is 1. The average molecular weight is 511 g/mol. The average Bonchev–Trinajstić information content (AvgIpc) is 3.54. The number of aromatic nitrogens is 3. The molecule has 0 saturated heterocycles. The lowest BCUT2D eigenvalue weighted by molar-refractivity contribution is -0.160. The first-order chi connectivity index (χ1) is 17.4. The minimum atomic E-state index is -1.41. The number of carboxylic acid groups (broad SMARTS) is 1. The summed E-state index contributed by atoms with van der Waals surface area (Å²) in [5.41, 5.74) is 2.62. The molecule has 3 heterocycles. The number of fused-ring (bicyclic) bond motifs is 2. The minimum Gasteiger partial charge on any atom is -0.490 e. The van der Waals surface area contributed by atoms with Crippen LogP contribution in [0, 0.1) is 19.7 Å². The number of nitrogens with zero attached hydrogens (tertiary/aromatic N) is 3. The Hall–Kier alpha value is -3.53. The van der Waals surface area contributed by atoms with E-state index in [0.29, 0.717) is 35.6 Å². The molecule has 1 aromatic carbocycles.